The number of nitrogens with one attached hydrogen (secondary N) is 4. The third-order valence-electron chi connectivity index (χ3n) is 4.52. The monoisotopic (exact) mass is 466 g/mol. The number of hydrogen-bond donors (Lipinski definition) is 4. The second-order valence-corrected chi connectivity index (χ2v) is 9.31. The van der Waals surface area contributed by atoms with Gasteiger partial charge in [0.25, 0.3) is 15.9 Å². The third kappa shape index (κ3) is 7.08. The second kappa shape index (κ2) is 10.6. The number of sulfonamides is 1. The smallest absolute Gasteiger partial charge is 0.315 e. The van der Waals surface area contributed by atoms with Crippen molar-refractivity contribution < 1.29 is 18.0 Å². The molecule has 33 heavy (non-hydrogen) atoms. The molecule has 172 valence electrons. The molecule has 0 spiro atoms. The Hall–Kier alpha value is -3.85. The predicted octanol–water partition coefficient (Wildman–Crippen LogP) is 3.95. The van der Waals surface area contributed by atoms with Crippen LogP contribution in [0.15, 0.2) is 83.8 Å². The van der Waals surface area contributed by atoms with Crippen LogP contribution in [0.3, 0.4) is 0 Å². The van der Waals surface area contributed by atoms with E-state index in [1.165, 1.54) is 12.1 Å². The van der Waals surface area contributed by atoms with Gasteiger partial charge in [0.1, 0.15) is 0 Å². The van der Waals surface area contributed by atoms with E-state index in [4.69, 9.17) is 0 Å². The zero-order chi connectivity index (χ0) is 23.8. The summed E-state index contributed by atoms with van der Waals surface area (Å²) in [7, 11) is -3.73. The minimum absolute atomic E-state index is 0.0446. The van der Waals surface area contributed by atoms with E-state index in [0.717, 1.165) is 5.56 Å². The van der Waals surface area contributed by atoms with Crippen molar-refractivity contribution in [2.24, 2.45) is 0 Å². The van der Waals surface area contributed by atoms with Crippen LogP contribution < -0.4 is 20.7 Å². The highest BCUT2D eigenvalue weighted by molar-refractivity contribution is 7.92. The molecule has 0 aromatic heterocycles. The molecule has 8 nitrogen and oxygen atoms in total. The van der Waals surface area contributed by atoms with Crippen molar-refractivity contribution in [1.82, 2.24) is 10.6 Å². The van der Waals surface area contributed by atoms with Gasteiger partial charge in [-0.3, -0.25) is 9.52 Å². The van der Waals surface area contributed by atoms with Crippen molar-refractivity contribution in [3.05, 3.63) is 90.0 Å². The molecular formula is C24H26N4O4S. The fourth-order valence-corrected chi connectivity index (χ4v) is 4.02. The Balaban J connectivity index is 1.61. The van der Waals surface area contributed by atoms with Gasteiger partial charge >= 0.3 is 6.03 Å². The number of benzene rings is 3. The van der Waals surface area contributed by atoms with Crippen LogP contribution in [0.25, 0.3) is 0 Å². The van der Waals surface area contributed by atoms with Gasteiger partial charge in [0.05, 0.1) is 10.6 Å². The van der Waals surface area contributed by atoms with E-state index in [1.54, 1.807) is 66.7 Å². The molecule has 0 aliphatic rings. The summed E-state index contributed by atoms with van der Waals surface area (Å²) in [5.74, 6) is -0.338. The van der Waals surface area contributed by atoms with Gasteiger partial charge < -0.3 is 16.0 Å². The molecular weight excluding hydrogens is 440 g/mol. The Bertz CT molecular complexity index is 1210. The number of hydrogen-bond acceptors (Lipinski definition) is 4. The highest BCUT2D eigenvalue weighted by atomic mass is 32.2. The Labute approximate surface area is 193 Å². The average molecular weight is 467 g/mol. The van der Waals surface area contributed by atoms with Crippen LogP contribution in [0.5, 0.6) is 0 Å². The summed E-state index contributed by atoms with van der Waals surface area (Å²) < 4.78 is 27.5. The van der Waals surface area contributed by atoms with Gasteiger partial charge in [0.15, 0.2) is 0 Å². The number of urea groups is 1. The fourth-order valence-electron chi connectivity index (χ4n) is 2.95. The molecule has 3 aromatic carbocycles. The topological polar surface area (TPSA) is 116 Å². The summed E-state index contributed by atoms with van der Waals surface area (Å²) in [6, 6.07) is 21.1. The quantitative estimate of drug-likeness (QED) is 0.402. The normalized spacial score (nSPS) is 11.0. The van der Waals surface area contributed by atoms with Gasteiger partial charge in [-0.25, -0.2) is 13.2 Å². The number of rotatable bonds is 8. The zero-order valence-electron chi connectivity index (χ0n) is 18.3. The van der Waals surface area contributed by atoms with E-state index in [9.17, 15) is 18.0 Å². The predicted molar refractivity (Wildman–Crippen MR) is 129 cm³/mol. The molecule has 0 unspecified atom stereocenters. The van der Waals surface area contributed by atoms with Crippen molar-refractivity contribution in [3.63, 3.8) is 0 Å². The lowest BCUT2D eigenvalue weighted by molar-refractivity contribution is 0.102. The second-order valence-electron chi connectivity index (χ2n) is 7.63. The van der Waals surface area contributed by atoms with E-state index in [1.807, 2.05) is 13.8 Å². The molecule has 9 heteroatoms. The van der Waals surface area contributed by atoms with Crippen molar-refractivity contribution in [2.75, 3.05) is 10.0 Å². The Morgan fingerprint density at radius 2 is 1.52 bits per heavy atom. The van der Waals surface area contributed by atoms with Gasteiger partial charge in [-0.2, -0.15) is 0 Å². The molecule has 0 heterocycles. The van der Waals surface area contributed by atoms with Crippen LogP contribution in [0, 0.1) is 0 Å². The maximum atomic E-state index is 12.6. The van der Waals surface area contributed by atoms with E-state index >= 15 is 0 Å². The first-order chi connectivity index (χ1) is 15.7. The largest absolute Gasteiger partial charge is 0.336 e. The molecule has 3 aromatic rings. The average Bonchev–Trinajstić information content (AvgIpc) is 2.78. The van der Waals surface area contributed by atoms with Gasteiger partial charge in [0.2, 0.25) is 0 Å². The van der Waals surface area contributed by atoms with Crippen molar-refractivity contribution in [1.29, 1.82) is 0 Å². The summed E-state index contributed by atoms with van der Waals surface area (Å²) >= 11 is 0. The summed E-state index contributed by atoms with van der Waals surface area (Å²) in [4.78, 5) is 24.4. The standard InChI is InChI=1S/C24H26N4O4S/c1-17(2)26-24(30)25-16-18-11-13-19(14-12-18)23(29)27-20-7-6-8-21(15-20)28-33(31,32)22-9-4-3-5-10-22/h3-15,17,28H,16H2,1-2H3,(H,27,29)(H2,25,26,30). The highest BCUT2D eigenvalue weighted by Gasteiger charge is 2.14. The third-order valence-corrected chi connectivity index (χ3v) is 5.91. The molecule has 0 saturated carbocycles. The lowest BCUT2D eigenvalue weighted by atomic mass is 10.1. The van der Waals surface area contributed by atoms with E-state index in [2.05, 4.69) is 20.7 Å². The summed E-state index contributed by atoms with van der Waals surface area (Å²) in [6.45, 7) is 4.09. The fraction of sp³-hybridized carbons (Fsp3) is 0.167. The Morgan fingerprint density at radius 3 is 2.18 bits per heavy atom. The lowest BCUT2D eigenvalue weighted by Crippen LogP contribution is -2.39. The van der Waals surface area contributed by atoms with E-state index in [0.29, 0.717) is 23.5 Å². The van der Waals surface area contributed by atoms with Crippen LogP contribution in [0.2, 0.25) is 0 Å². The van der Waals surface area contributed by atoms with E-state index in [-0.39, 0.29) is 22.9 Å². The van der Waals surface area contributed by atoms with Crippen molar-refractivity contribution in [2.45, 2.75) is 31.3 Å². The minimum Gasteiger partial charge on any atom is -0.336 e. The molecule has 3 amide bonds. The summed E-state index contributed by atoms with van der Waals surface area (Å²) in [5, 5.41) is 8.25. The molecule has 0 aliphatic heterocycles. The Morgan fingerprint density at radius 1 is 0.848 bits per heavy atom. The number of amides is 3. The van der Waals surface area contributed by atoms with Crippen LogP contribution in [0.4, 0.5) is 16.2 Å². The highest BCUT2D eigenvalue weighted by Crippen LogP contribution is 2.20. The molecule has 0 aliphatic carbocycles. The van der Waals surface area contributed by atoms with Gasteiger partial charge in [-0.1, -0.05) is 36.4 Å². The van der Waals surface area contributed by atoms with Crippen LogP contribution in [0.1, 0.15) is 29.8 Å². The molecule has 0 fully saturated rings. The number of anilines is 2. The number of carbonyl (C=O) groups is 2. The summed E-state index contributed by atoms with van der Waals surface area (Å²) in [6.07, 6.45) is 0. The number of carbonyl (C=O) groups excluding carboxylic acids is 2. The molecule has 0 bridgehead atoms. The van der Waals surface area contributed by atoms with Crippen molar-refractivity contribution in [3.8, 4) is 0 Å². The summed E-state index contributed by atoms with van der Waals surface area (Å²) in [5.41, 5.74) is 2.06. The van der Waals surface area contributed by atoms with Crippen LogP contribution in [-0.4, -0.2) is 26.4 Å². The van der Waals surface area contributed by atoms with Crippen LogP contribution in [-0.2, 0) is 16.6 Å². The minimum atomic E-state index is -3.73. The molecule has 0 atom stereocenters. The molecule has 3 rings (SSSR count). The van der Waals surface area contributed by atoms with Gasteiger partial charge in [0, 0.05) is 23.8 Å². The maximum Gasteiger partial charge on any atom is 0.315 e. The molecule has 0 radical (unpaired) electrons. The maximum absolute atomic E-state index is 12.6. The zero-order valence-corrected chi connectivity index (χ0v) is 19.1. The lowest BCUT2D eigenvalue weighted by Gasteiger charge is -2.11. The first-order valence-corrected chi connectivity index (χ1v) is 11.8. The first kappa shape index (κ1) is 23.8. The molecule has 4 N–H and O–H groups in total. The molecule has 0 saturated heterocycles. The SMILES string of the molecule is CC(C)NC(=O)NCc1ccc(C(=O)Nc2cccc(NS(=O)(=O)c3ccccc3)c2)cc1. The van der Waals surface area contributed by atoms with Gasteiger partial charge in [-0.05, 0) is 61.9 Å². The van der Waals surface area contributed by atoms with E-state index < -0.39 is 10.0 Å². The first-order valence-electron chi connectivity index (χ1n) is 10.4. The Kier molecular flexibility index (Phi) is 7.68. The van der Waals surface area contributed by atoms with Crippen molar-refractivity contribution >= 4 is 33.3 Å². The van der Waals surface area contributed by atoms with Gasteiger partial charge in [-0.15, -0.1) is 0 Å². The van der Waals surface area contributed by atoms with Crippen LogP contribution >= 0.6 is 0 Å².